The van der Waals surface area contributed by atoms with Crippen molar-refractivity contribution in [1.29, 1.82) is 0 Å². The molecule has 1 amide bonds. The molecule has 0 bridgehead atoms. The molecule has 2 heterocycles. The van der Waals surface area contributed by atoms with E-state index in [-0.39, 0.29) is 5.91 Å². The number of hydrogen-bond acceptors (Lipinski definition) is 2. The lowest BCUT2D eigenvalue weighted by Crippen LogP contribution is -2.33. The lowest BCUT2D eigenvalue weighted by Gasteiger charge is -2.29. The summed E-state index contributed by atoms with van der Waals surface area (Å²) in [4.78, 5) is 15.0. The zero-order chi connectivity index (χ0) is 14.4. The van der Waals surface area contributed by atoms with Crippen LogP contribution in [0.4, 0.5) is 0 Å². The van der Waals surface area contributed by atoms with Crippen LogP contribution in [-0.2, 0) is 0 Å². The molecular formula is C17H25N3O. The molecule has 1 aliphatic heterocycles. The van der Waals surface area contributed by atoms with Crippen LogP contribution in [0, 0.1) is 11.8 Å². The molecule has 1 saturated heterocycles. The average molecular weight is 287 g/mol. The quantitative estimate of drug-likeness (QED) is 0.908. The number of aromatic nitrogens is 1. The third kappa shape index (κ3) is 2.30. The molecule has 0 aromatic carbocycles. The van der Waals surface area contributed by atoms with E-state index in [4.69, 9.17) is 5.73 Å². The summed E-state index contributed by atoms with van der Waals surface area (Å²) in [5.41, 5.74) is 6.98. The Bertz CT molecular complexity index is 534. The maximum absolute atomic E-state index is 12.9. The minimum atomic E-state index is 0.231. The smallest absolute Gasteiger partial charge is 0.270 e. The fourth-order valence-electron chi connectivity index (χ4n) is 4.35. The van der Waals surface area contributed by atoms with Gasteiger partial charge in [0.2, 0.25) is 0 Å². The average Bonchev–Trinajstić information content (AvgIpc) is 3.02. The molecule has 4 nitrogen and oxygen atoms in total. The van der Waals surface area contributed by atoms with Crippen LogP contribution in [0.15, 0.2) is 18.3 Å². The number of carbonyl (C=O) groups is 1. The van der Waals surface area contributed by atoms with Crippen LogP contribution in [0.25, 0.3) is 0 Å². The van der Waals surface area contributed by atoms with E-state index in [1.54, 1.807) is 0 Å². The van der Waals surface area contributed by atoms with E-state index >= 15 is 0 Å². The summed E-state index contributed by atoms with van der Waals surface area (Å²) in [7, 11) is 0. The monoisotopic (exact) mass is 287 g/mol. The second-order valence-corrected chi connectivity index (χ2v) is 7.19. The van der Waals surface area contributed by atoms with E-state index in [2.05, 4.69) is 15.7 Å². The molecule has 1 aromatic heterocycles. The maximum Gasteiger partial charge on any atom is 0.270 e. The topological polar surface area (TPSA) is 51.3 Å². The minimum Gasteiger partial charge on any atom is -0.340 e. The molecule has 1 aromatic rings. The predicted octanol–water partition coefficient (Wildman–Crippen LogP) is 2.41. The molecule has 2 N–H and O–H groups in total. The Morgan fingerprint density at radius 3 is 2.71 bits per heavy atom. The highest BCUT2D eigenvalue weighted by molar-refractivity contribution is 5.93. The van der Waals surface area contributed by atoms with Gasteiger partial charge in [-0.3, -0.25) is 4.79 Å². The van der Waals surface area contributed by atoms with E-state index in [0.29, 0.717) is 23.9 Å². The van der Waals surface area contributed by atoms with Gasteiger partial charge in [0.05, 0.1) is 0 Å². The number of carbonyl (C=O) groups excluding carboxylic acids is 1. The Morgan fingerprint density at radius 2 is 1.95 bits per heavy atom. The Kier molecular flexibility index (Phi) is 3.29. The Balaban J connectivity index is 1.49. The number of rotatable bonds is 2. The van der Waals surface area contributed by atoms with Crippen molar-refractivity contribution < 1.29 is 4.79 Å². The van der Waals surface area contributed by atoms with Crippen LogP contribution < -0.4 is 5.73 Å². The second kappa shape index (κ2) is 5.16. The van der Waals surface area contributed by atoms with E-state index in [0.717, 1.165) is 31.6 Å². The van der Waals surface area contributed by atoms with Crippen LogP contribution in [0.3, 0.4) is 0 Å². The van der Waals surface area contributed by atoms with Gasteiger partial charge in [-0.05, 0) is 62.5 Å². The first-order valence-corrected chi connectivity index (χ1v) is 8.44. The summed E-state index contributed by atoms with van der Waals surface area (Å²) in [6, 6.07) is 4.91. The summed E-state index contributed by atoms with van der Waals surface area (Å²) in [6.07, 6.45) is 9.22. The van der Waals surface area contributed by atoms with E-state index < -0.39 is 0 Å². The summed E-state index contributed by atoms with van der Waals surface area (Å²) >= 11 is 0. The summed E-state index contributed by atoms with van der Waals surface area (Å²) < 4.78 is 2.21. The van der Waals surface area contributed by atoms with Crippen molar-refractivity contribution in [3.8, 4) is 0 Å². The number of fused-ring (bicyclic) bond motifs is 1. The van der Waals surface area contributed by atoms with Gasteiger partial charge in [0, 0.05) is 31.4 Å². The van der Waals surface area contributed by atoms with Gasteiger partial charge in [-0.1, -0.05) is 0 Å². The molecular weight excluding hydrogens is 262 g/mol. The van der Waals surface area contributed by atoms with Crippen LogP contribution in [0.1, 0.15) is 55.1 Å². The molecule has 3 aliphatic rings. The SMILES string of the molecule is NC1CC[C@@H]2CN(C(=O)c3cccn3C3CCC3)C[C@@H]2C1. The molecule has 4 heteroatoms. The number of nitrogens with two attached hydrogens (primary N) is 1. The Hall–Kier alpha value is -1.29. The van der Waals surface area contributed by atoms with Crippen molar-refractivity contribution in [2.24, 2.45) is 17.6 Å². The highest BCUT2D eigenvalue weighted by Gasteiger charge is 2.39. The molecule has 0 spiro atoms. The van der Waals surface area contributed by atoms with E-state index in [1.165, 1.54) is 25.7 Å². The highest BCUT2D eigenvalue weighted by Crippen LogP contribution is 2.37. The first-order chi connectivity index (χ1) is 10.2. The first-order valence-electron chi connectivity index (χ1n) is 8.44. The molecule has 114 valence electrons. The predicted molar refractivity (Wildman–Crippen MR) is 82.0 cm³/mol. The lowest BCUT2D eigenvalue weighted by molar-refractivity contribution is 0.0767. The van der Waals surface area contributed by atoms with Crippen molar-refractivity contribution >= 4 is 5.91 Å². The van der Waals surface area contributed by atoms with Gasteiger partial charge in [0.15, 0.2) is 0 Å². The van der Waals surface area contributed by atoms with E-state index in [9.17, 15) is 4.79 Å². The normalized spacial score (nSPS) is 32.8. The number of amides is 1. The third-order valence-corrected chi connectivity index (χ3v) is 5.84. The largest absolute Gasteiger partial charge is 0.340 e. The molecule has 1 unspecified atom stereocenters. The summed E-state index contributed by atoms with van der Waals surface area (Å²) in [5, 5.41) is 0. The van der Waals surface area contributed by atoms with Crippen LogP contribution >= 0.6 is 0 Å². The summed E-state index contributed by atoms with van der Waals surface area (Å²) in [5.74, 6) is 1.54. The molecule has 21 heavy (non-hydrogen) atoms. The zero-order valence-corrected chi connectivity index (χ0v) is 12.6. The van der Waals surface area contributed by atoms with Crippen molar-refractivity contribution in [1.82, 2.24) is 9.47 Å². The minimum absolute atomic E-state index is 0.231. The number of nitrogens with zero attached hydrogens (tertiary/aromatic N) is 2. The molecule has 3 fully saturated rings. The van der Waals surface area contributed by atoms with Crippen molar-refractivity contribution in [3.05, 3.63) is 24.0 Å². The van der Waals surface area contributed by atoms with Gasteiger partial charge in [-0.2, -0.15) is 0 Å². The second-order valence-electron chi connectivity index (χ2n) is 7.19. The van der Waals surface area contributed by atoms with Crippen molar-refractivity contribution in [2.45, 2.75) is 50.6 Å². The third-order valence-electron chi connectivity index (χ3n) is 5.84. The van der Waals surface area contributed by atoms with Crippen LogP contribution in [0.5, 0.6) is 0 Å². The lowest BCUT2D eigenvalue weighted by atomic mass is 9.79. The number of likely N-dealkylation sites (tertiary alicyclic amines) is 1. The Labute approximate surface area is 126 Å². The fraction of sp³-hybridized carbons (Fsp3) is 0.706. The van der Waals surface area contributed by atoms with Crippen LogP contribution in [-0.4, -0.2) is 34.5 Å². The molecule has 0 radical (unpaired) electrons. The maximum atomic E-state index is 12.9. The molecule has 2 aliphatic carbocycles. The van der Waals surface area contributed by atoms with Gasteiger partial charge < -0.3 is 15.2 Å². The fourth-order valence-corrected chi connectivity index (χ4v) is 4.35. The van der Waals surface area contributed by atoms with Gasteiger partial charge in [0.25, 0.3) is 5.91 Å². The molecule has 2 saturated carbocycles. The van der Waals surface area contributed by atoms with E-state index in [1.807, 2.05) is 12.1 Å². The van der Waals surface area contributed by atoms with Gasteiger partial charge in [0.1, 0.15) is 5.69 Å². The van der Waals surface area contributed by atoms with Gasteiger partial charge >= 0.3 is 0 Å². The Morgan fingerprint density at radius 1 is 1.14 bits per heavy atom. The van der Waals surface area contributed by atoms with Gasteiger partial charge in [-0.15, -0.1) is 0 Å². The van der Waals surface area contributed by atoms with Crippen LogP contribution in [0.2, 0.25) is 0 Å². The van der Waals surface area contributed by atoms with Gasteiger partial charge in [-0.25, -0.2) is 0 Å². The summed E-state index contributed by atoms with van der Waals surface area (Å²) in [6.45, 7) is 1.85. The van der Waals surface area contributed by atoms with Crippen molar-refractivity contribution in [3.63, 3.8) is 0 Å². The standard InChI is InChI=1S/C17H25N3O/c18-14-7-6-12-10-19(11-13(12)9-14)17(21)16-5-2-8-20(16)15-3-1-4-15/h2,5,8,12-15H,1,3-4,6-7,9-11,18H2/t12-,13+,14?/m1/s1. The molecule has 3 atom stereocenters. The highest BCUT2D eigenvalue weighted by atomic mass is 16.2. The molecule has 4 rings (SSSR count). The van der Waals surface area contributed by atoms with Crippen molar-refractivity contribution in [2.75, 3.05) is 13.1 Å². The zero-order valence-electron chi connectivity index (χ0n) is 12.6. The number of hydrogen-bond donors (Lipinski definition) is 1. The first kappa shape index (κ1) is 13.4.